The number of benzene rings is 1. The third-order valence-electron chi connectivity index (χ3n) is 2.72. The Labute approximate surface area is 112 Å². The van der Waals surface area contributed by atoms with Crippen LogP contribution in [0, 0.1) is 0 Å². The molecule has 1 heterocycles. The maximum absolute atomic E-state index is 10.1. The van der Waals surface area contributed by atoms with Crippen molar-refractivity contribution >= 4 is 23.7 Å². The highest BCUT2D eigenvalue weighted by atomic mass is 35.5. The molecule has 0 saturated carbocycles. The Morgan fingerprint density at radius 2 is 2.06 bits per heavy atom. The molecule has 4 heteroatoms. The second-order valence-corrected chi connectivity index (χ2v) is 4.68. The van der Waals surface area contributed by atoms with E-state index in [0.717, 1.165) is 22.4 Å². The van der Waals surface area contributed by atoms with E-state index in [4.69, 9.17) is 5.73 Å². The van der Waals surface area contributed by atoms with Crippen molar-refractivity contribution < 1.29 is 5.11 Å². The molecular formula is C13H16ClNOS. The van der Waals surface area contributed by atoms with Crippen LogP contribution in [0.25, 0.3) is 0 Å². The first-order chi connectivity index (χ1) is 7.74. The molecule has 0 amide bonds. The summed E-state index contributed by atoms with van der Waals surface area (Å²) in [4.78, 5) is 1.07. The molecule has 0 aliphatic carbocycles. The minimum Gasteiger partial charge on any atom is -0.507 e. The molecule has 92 valence electrons. The predicted octanol–water partition coefficient (Wildman–Crippen LogP) is 3.49. The summed E-state index contributed by atoms with van der Waals surface area (Å²) in [6.07, 6.45) is 0.816. The van der Waals surface area contributed by atoms with Crippen molar-refractivity contribution in [3.05, 3.63) is 51.7 Å². The molecule has 0 radical (unpaired) electrons. The van der Waals surface area contributed by atoms with E-state index in [1.165, 1.54) is 0 Å². The molecule has 1 aromatic carbocycles. The second-order valence-electron chi connectivity index (χ2n) is 3.70. The van der Waals surface area contributed by atoms with Gasteiger partial charge in [0.15, 0.2) is 0 Å². The standard InChI is InChI=1S/C13H15NOS.ClH/c1-2-9-5-3-6-10(13(9)15)12(14)11-7-4-8-16-11;/h3-8,12,15H,2,14H2,1H3;1H/t12-;/m1./s1. The molecule has 1 atom stereocenters. The summed E-state index contributed by atoms with van der Waals surface area (Å²) in [6.45, 7) is 2.02. The fourth-order valence-corrected chi connectivity index (χ4v) is 2.51. The monoisotopic (exact) mass is 269 g/mol. The van der Waals surface area contributed by atoms with Crippen LogP contribution in [0.2, 0.25) is 0 Å². The van der Waals surface area contributed by atoms with Crippen LogP contribution in [0.4, 0.5) is 0 Å². The van der Waals surface area contributed by atoms with Crippen LogP contribution < -0.4 is 5.73 Å². The number of nitrogens with two attached hydrogens (primary N) is 1. The van der Waals surface area contributed by atoms with Gasteiger partial charge >= 0.3 is 0 Å². The van der Waals surface area contributed by atoms with Gasteiger partial charge in [0.2, 0.25) is 0 Å². The van der Waals surface area contributed by atoms with Gasteiger partial charge in [-0.1, -0.05) is 31.2 Å². The molecule has 2 rings (SSSR count). The molecular weight excluding hydrogens is 254 g/mol. The lowest BCUT2D eigenvalue weighted by Crippen LogP contribution is -2.10. The summed E-state index contributed by atoms with van der Waals surface area (Å²) in [5, 5.41) is 12.1. The Bertz CT molecular complexity index is 470. The van der Waals surface area contributed by atoms with E-state index in [2.05, 4.69) is 0 Å². The highest BCUT2D eigenvalue weighted by molar-refractivity contribution is 7.10. The minimum atomic E-state index is -0.230. The van der Waals surface area contributed by atoms with Crippen molar-refractivity contribution in [2.45, 2.75) is 19.4 Å². The van der Waals surface area contributed by atoms with E-state index in [1.54, 1.807) is 11.3 Å². The molecule has 0 aliphatic heterocycles. The zero-order valence-corrected chi connectivity index (χ0v) is 11.2. The van der Waals surface area contributed by atoms with Crippen LogP contribution in [0.15, 0.2) is 35.7 Å². The maximum Gasteiger partial charge on any atom is 0.123 e. The molecule has 0 fully saturated rings. The van der Waals surface area contributed by atoms with Gasteiger partial charge in [-0.05, 0) is 23.4 Å². The smallest absolute Gasteiger partial charge is 0.123 e. The van der Waals surface area contributed by atoms with Crippen molar-refractivity contribution in [1.82, 2.24) is 0 Å². The lowest BCUT2D eigenvalue weighted by Gasteiger charge is -2.14. The normalized spacial score (nSPS) is 11.9. The van der Waals surface area contributed by atoms with Crippen LogP contribution >= 0.6 is 23.7 Å². The van der Waals surface area contributed by atoms with Gasteiger partial charge in [0.25, 0.3) is 0 Å². The topological polar surface area (TPSA) is 46.2 Å². The van der Waals surface area contributed by atoms with E-state index in [0.29, 0.717) is 5.75 Å². The molecule has 0 saturated heterocycles. The second kappa shape index (κ2) is 6.05. The highest BCUT2D eigenvalue weighted by Gasteiger charge is 2.15. The predicted molar refractivity (Wildman–Crippen MR) is 75.1 cm³/mol. The van der Waals surface area contributed by atoms with E-state index < -0.39 is 0 Å². The number of phenolic OH excluding ortho intramolecular Hbond substituents is 1. The lowest BCUT2D eigenvalue weighted by atomic mass is 10.0. The molecule has 0 bridgehead atoms. The van der Waals surface area contributed by atoms with Gasteiger partial charge in [-0.3, -0.25) is 0 Å². The van der Waals surface area contributed by atoms with Crippen LogP contribution in [-0.2, 0) is 6.42 Å². The number of rotatable bonds is 3. The maximum atomic E-state index is 10.1. The minimum absolute atomic E-state index is 0. The number of thiophene rings is 1. The summed E-state index contributed by atoms with van der Waals surface area (Å²) >= 11 is 1.61. The third kappa shape index (κ3) is 2.80. The van der Waals surface area contributed by atoms with Crippen LogP contribution in [-0.4, -0.2) is 5.11 Å². The van der Waals surface area contributed by atoms with E-state index >= 15 is 0 Å². The first-order valence-electron chi connectivity index (χ1n) is 5.33. The van der Waals surface area contributed by atoms with Crippen LogP contribution in [0.5, 0.6) is 5.75 Å². The first-order valence-corrected chi connectivity index (χ1v) is 6.21. The van der Waals surface area contributed by atoms with E-state index in [9.17, 15) is 5.11 Å². The summed E-state index contributed by atoms with van der Waals surface area (Å²) in [6, 6.07) is 9.50. The Kier molecular flexibility index (Phi) is 5.00. The number of phenols is 1. The average molecular weight is 270 g/mol. The Morgan fingerprint density at radius 3 is 2.65 bits per heavy atom. The highest BCUT2D eigenvalue weighted by Crippen LogP contribution is 2.32. The molecule has 0 aliphatic rings. The van der Waals surface area contributed by atoms with Gasteiger partial charge < -0.3 is 10.8 Å². The molecule has 2 aromatic rings. The van der Waals surface area contributed by atoms with Gasteiger partial charge in [0.05, 0.1) is 6.04 Å². The quantitative estimate of drug-likeness (QED) is 0.896. The Hall–Kier alpha value is -1.03. The van der Waals surface area contributed by atoms with Gasteiger partial charge in [-0.2, -0.15) is 0 Å². The molecule has 3 N–H and O–H groups in total. The number of hydrogen-bond donors (Lipinski definition) is 2. The first kappa shape index (κ1) is 14.0. The van der Waals surface area contributed by atoms with Crippen LogP contribution in [0.3, 0.4) is 0 Å². The number of hydrogen-bond acceptors (Lipinski definition) is 3. The SMILES string of the molecule is CCc1cccc([C@@H](N)c2cccs2)c1O.Cl. The zero-order valence-electron chi connectivity index (χ0n) is 9.59. The van der Waals surface area contributed by atoms with Gasteiger partial charge in [0.1, 0.15) is 5.75 Å². The number of para-hydroxylation sites is 1. The third-order valence-corrected chi connectivity index (χ3v) is 3.67. The fourth-order valence-electron chi connectivity index (χ4n) is 1.77. The molecule has 0 unspecified atom stereocenters. The average Bonchev–Trinajstić information content (AvgIpc) is 2.82. The Balaban J connectivity index is 0.00000144. The zero-order chi connectivity index (χ0) is 11.5. The van der Waals surface area contributed by atoms with Crippen molar-refractivity contribution in [3.63, 3.8) is 0 Å². The molecule has 0 spiro atoms. The van der Waals surface area contributed by atoms with E-state index in [-0.39, 0.29) is 18.4 Å². The molecule has 1 aromatic heterocycles. The van der Waals surface area contributed by atoms with Crippen molar-refractivity contribution in [1.29, 1.82) is 0 Å². The number of aromatic hydroxyl groups is 1. The largest absolute Gasteiger partial charge is 0.507 e. The van der Waals surface area contributed by atoms with Crippen LogP contribution in [0.1, 0.15) is 29.0 Å². The lowest BCUT2D eigenvalue weighted by molar-refractivity contribution is 0.459. The fraction of sp³-hybridized carbons (Fsp3) is 0.231. The van der Waals surface area contributed by atoms with Crippen molar-refractivity contribution in [2.75, 3.05) is 0 Å². The summed E-state index contributed by atoms with van der Waals surface area (Å²) in [5.41, 5.74) is 7.89. The Morgan fingerprint density at radius 1 is 1.29 bits per heavy atom. The summed E-state index contributed by atoms with van der Waals surface area (Å²) < 4.78 is 0. The summed E-state index contributed by atoms with van der Waals surface area (Å²) in [5.74, 6) is 0.339. The molecule has 17 heavy (non-hydrogen) atoms. The number of aryl methyl sites for hydroxylation is 1. The van der Waals surface area contributed by atoms with E-state index in [1.807, 2.05) is 42.6 Å². The van der Waals surface area contributed by atoms with Gasteiger partial charge in [-0.15, -0.1) is 23.7 Å². The summed E-state index contributed by atoms with van der Waals surface area (Å²) in [7, 11) is 0. The number of halogens is 1. The molecule has 2 nitrogen and oxygen atoms in total. The van der Waals surface area contributed by atoms with Gasteiger partial charge in [0, 0.05) is 10.4 Å². The van der Waals surface area contributed by atoms with Crippen molar-refractivity contribution in [3.8, 4) is 5.75 Å². The van der Waals surface area contributed by atoms with Gasteiger partial charge in [-0.25, -0.2) is 0 Å². The van der Waals surface area contributed by atoms with Crippen molar-refractivity contribution in [2.24, 2.45) is 5.73 Å².